The van der Waals surface area contributed by atoms with Gasteiger partial charge < -0.3 is 15.4 Å². The van der Waals surface area contributed by atoms with Crippen molar-refractivity contribution in [2.75, 3.05) is 12.4 Å². The van der Waals surface area contributed by atoms with E-state index in [4.69, 9.17) is 4.74 Å². The Hall–Kier alpha value is -3.34. The van der Waals surface area contributed by atoms with Crippen LogP contribution in [0.2, 0.25) is 0 Å². The summed E-state index contributed by atoms with van der Waals surface area (Å²) in [5.41, 5.74) is 3.32. The molecule has 0 aliphatic carbocycles. The highest BCUT2D eigenvalue weighted by Crippen LogP contribution is 2.17. The van der Waals surface area contributed by atoms with Crippen LogP contribution < -0.4 is 15.4 Å². The Morgan fingerprint density at radius 2 is 1.77 bits per heavy atom. The summed E-state index contributed by atoms with van der Waals surface area (Å²) in [6, 6.07) is 21.3. The lowest BCUT2D eigenvalue weighted by Crippen LogP contribution is -2.24. The van der Waals surface area contributed by atoms with Gasteiger partial charge in [0.25, 0.3) is 5.91 Å². The number of rotatable bonds is 7. The quantitative estimate of drug-likeness (QED) is 0.685. The Morgan fingerprint density at radius 1 is 1.00 bits per heavy atom. The molecule has 0 atom stereocenters. The van der Waals surface area contributed by atoms with Gasteiger partial charge in [0.15, 0.2) is 0 Å². The number of benzene rings is 2. The number of amides is 1. The van der Waals surface area contributed by atoms with E-state index in [-0.39, 0.29) is 5.91 Å². The molecule has 0 saturated carbocycles. The number of aromatic nitrogens is 1. The monoisotopic (exact) mass is 347 g/mol. The van der Waals surface area contributed by atoms with Gasteiger partial charge in [0.1, 0.15) is 11.4 Å². The Labute approximate surface area is 153 Å². The van der Waals surface area contributed by atoms with Crippen LogP contribution in [0.5, 0.6) is 5.75 Å². The minimum Gasteiger partial charge on any atom is -0.496 e. The summed E-state index contributed by atoms with van der Waals surface area (Å²) in [4.78, 5) is 16.6. The smallest absolute Gasteiger partial charge is 0.270 e. The molecule has 5 nitrogen and oxygen atoms in total. The topological polar surface area (TPSA) is 63.2 Å². The van der Waals surface area contributed by atoms with Crippen molar-refractivity contribution in [1.82, 2.24) is 10.3 Å². The second kappa shape index (κ2) is 8.67. The molecule has 3 rings (SSSR count). The van der Waals surface area contributed by atoms with Crippen molar-refractivity contribution in [2.45, 2.75) is 13.1 Å². The number of nitrogens with zero attached hydrogens (tertiary/aromatic N) is 1. The van der Waals surface area contributed by atoms with Crippen LogP contribution in [0.3, 0.4) is 0 Å². The number of methoxy groups -OCH3 is 1. The van der Waals surface area contributed by atoms with Gasteiger partial charge in [-0.25, -0.2) is 0 Å². The van der Waals surface area contributed by atoms with Crippen molar-refractivity contribution in [3.63, 3.8) is 0 Å². The third-order valence-electron chi connectivity index (χ3n) is 3.96. The number of hydrogen-bond donors (Lipinski definition) is 2. The zero-order valence-corrected chi connectivity index (χ0v) is 14.6. The maximum atomic E-state index is 12.4. The fraction of sp³-hybridized carbons (Fsp3) is 0.143. The van der Waals surface area contributed by atoms with Crippen LogP contribution in [0.1, 0.15) is 21.6 Å². The van der Waals surface area contributed by atoms with Gasteiger partial charge in [-0.1, -0.05) is 48.5 Å². The second-order valence-electron chi connectivity index (χ2n) is 5.76. The number of para-hydroxylation sites is 1. The van der Waals surface area contributed by atoms with Crippen molar-refractivity contribution < 1.29 is 9.53 Å². The first kappa shape index (κ1) is 17.5. The van der Waals surface area contributed by atoms with Crippen LogP contribution in [0.15, 0.2) is 72.9 Å². The first-order valence-corrected chi connectivity index (χ1v) is 8.40. The lowest BCUT2D eigenvalue weighted by molar-refractivity contribution is 0.0945. The standard InChI is InChI=1S/C21H21N3O2/c1-26-20-10-6-5-9-17(20)15-24-21(25)19-13-18(11-12-22-19)23-14-16-7-3-2-4-8-16/h2-13H,14-15H2,1H3,(H,22,23)(H,24,25). The average molecular weight is 347 g/mol. The molecule has 1 heterocycles. The molecule has 26 heavy (non-hydrogen) atoms. The fourth-order valence-corrected chi connectivity index (χ4v) is 2.58. The second-order valence-corrected chi connectivity index (χ2v) is 5.76. The number of hydrogen-bond acceptors (Lipinski definition) is 4. The van der Waals surface area contributed by atoms with Crippen LogP contribution in [0.25, 0.3) is 0 Å². The molecule has 2 N–H and O–H groups in total. The van der Waals surface area contributed by atoms with Crippen LogP contribution in [-0.4, -0.2) is 18.0 Å². The third kappa shape index (κ3) is 4.60. The number of pyridine rings is 1. The van der Waals surface area contributed by atoms with E-state index in [0.29, 0.717) is 18.8 Å². The number of ether oxygens (including phenoxy) is 1. The molecule has 0 saturated heterocycles. The van der Waals surface area contributed by atoms with Gasteiger partial charge >= 0.3 is 0 Å². The van der Waals surface area contributed by atoms with Gasteiger partial charge in [-0.2, -0.15) is 0 Å². The number of anilines is 1. The number of carbonyl (C=O) groups is 1. The highest BCUT2D eigenvalue weighted by atomic mass is 16.5. The molecule has 0 radical (unpaired) electrons. The maximum absolute atomic E-state index is 12.4. The van der Waals surface area contributed by atoms with E-state index >= 15 is 0 Å². The van der Waals surface area contributed by atoms with Gasteiger partial charge in [-0.15, -0.1) is 0 Å². The van der Waals surface area contributed by atoms with Gasteiger partial charge in [0.05, 0.1) is 7.11 Å². The van der Waals surface area contributed by atoms with Crippen LogP contribution >= 0.6 is 0 Å². The highest BCUT2D eigenvalue weighted by Gasteiger charge is 2.09. The van der Waals surface area contributed by atoms with E-state index in [9.17, 15) is 4.79 Å². The predicted molar refractivity (Wildman–Crippen MR) is 102 cm³/mol. The number of nitrogens with one attached hydrogen (secondary N) is 2. The summed E-state index contributed by atoms with van der Waals surface area (Å²) in [7, 11) is 1.62. The molecule has 2 aromatic carbocycles. The Morgan fingerprint density at radius 3 is 2.58 bits per heavy atom. The fourth-order valence-electron chi connectivity index (χ4n) is 2.58. The summed E-state index contributed by atoms with van der Waals surface area (Å²) in [6.45, 7) is 1.07. The van der Waals surface area contributed by atoms with Gasteiger partial charge in [-0.3, -0.25) is 9.78 Å². The van der Waals surface area contributed by atoms with E-state index in [1.165, 1.54) is 5.56 Å². The molecule has 132 valence electrons. The van der Waals surface area contributed by atoms with Gasteiger partial charge in [0.2, 0.25) is 0 Å². The molecular weight excluding hydrogens is 326 g/mol. The normalized spacial score (nSPS) is 10.2. The van der Waals surface area contributed by atoms with Crippen molar-refractivity contribution in [3.8, 4) is 5.75 Å². The minimum absolute atomic E-state index is 0.223. The molecule has 0 bridgehead atoms. The summed E-state index contributed by atoms with van der Waals surface area (Å²) in [5, 5.41) is 6.19. The summed E-state index contributed by atoms with van der Waals surface area (Å²) in [5.74, 6) is 0.526. The maximum Gasteiger partial charge on any atom is 0.270 e. The van der Waals surface area contributed by atoms with E-state index in [0.717, 1.165) is 17.0 Å². The molecule has 0 fully saturated rings. The van der Waals surface area contributed by atoms with Crippen molar-refractivity contribution in [2.24, 2.45) is 0 Å². The zero-order chi connectivity index (χ0) is 18.2. The van der Waals surface area contributed by atoms with Crippen LogP contribution in [0.4, 0.5) is 5.69 Å². The first-order valence-electron chi connectivity index (χ1n) is 8.40. The van der Waals surface area contributed by atoms with Crippen LogP contribution in [0, 0.1) is 0 Å². The van der Waals surface area contributed by atoms with Crippen LogP contribution in [-0.2, 0) is 13.1 Å². The minimum atomic E-state index is -0.223. The lowest BCUT2D eigenvalue weighted by atomic mass is 10.2. The SMILES string of the molecule is COc1ccccc1CNC(=O)c1cc(NCc2ccccc2)ccn1. The molecule has 0 unspecified atom stereocenters. The van der Waals surface area contributed by atoms with E-state index in [1.807, 2.05) is 48.5 Å². The first-order chi connectivity index (χ1) is 12.8. The van der Waals surface area contributed by atoms with Crippen molar-refractivity contribution >= 4 is 11.6 Å². The van der Waals surface area contributed by atoms with E-state index in [1.54, 1.807) is 19.4 Å². The molecular formula is C21H21N3O2. The summed E-state index contributed by atoms with van der Waals surface area (Å²) in [6.07, 6.45) is 1.63. The largest absolute Gasteiger partial charge is 0.496 e. The molecule has 0 aliphatic heterocycles. The predicted octanol–water partition coefficient (Wildman–Crippen LogP) is 3.63. The van der Waals surface area contributed by atoms with Gasteiger partial charge in [-0.05, 0) is 23.8 Å². The molecule has 1 amide bonds. The molecule has 0 spiro atoms. The summed E-state index contributed by atoms with van der Waals surface area (Å²) >= 11 is 0. The zero-order valence-electron chi connectivity index (χ0n) is 14.6. The Balaban J connectivity index is 1.61. The lowest BCUT2D eigenvalue weighted by Gasteiger charge is -2.10. The van der Waals surface area contributed by atoms with Crippen molar-refractivity contribution in [3.05, 3.63) is 89.7 Å². The van der Waals surface area contributed by atoms with Gasteiger partial charge in [0, 0.05) is 30.5 Å². The van der Waals surface area contributed by atoms with E-state index in [2.05, 4.69) is 27.8 Å². The number of carbonyl (C=O) groups excluding carboxylic acids is 1. The van der Waals surface area contributed by atoms with Crippen molar-refractivity contribution in [1.29, 1.82) is 0 Å². The molecule has 5 heteroatoms. The molecule has 3 aromatic rings. The highest BCUT2D eigenvalue weighted by molar-refractivity contribution is 5.93. The molecule has 0 aliphatic rings. The molecule has 1 aromatic heterocycles. The Bertz CT molecular complexity index is 866. The average Bonchev–Trinajstić information content (AvgIpc) is 2.71. The third-order valence-corrected chi connectivity index (χ3v) is 3.96. The van der Waals surface area contributed by atoms with E-state index < -0.39 is 0 Å². The Kier molecular flexibility index (Phi) is 5.83. The summed E-state index contributed by atoms with van der Waals surface area (Å²) < 4.78 is 5.30.